The third kappa shape index (κ3) is 1.94. The van der Waals surface area contributed by atoms with Crippen LogP contribution in [0, 0.1) is 0 Å². The molecule has 2 rings (SSSR count). The second-order valence-corrected chi connectivity index (χ2v) is 4.09. The van der Waals surface area contributed by atoms with Crippen molar-refractivity contribution in [3.8, 4) is 0 Å². The number of carbonyl (C=O) groups excluding carboxylic acids is 2. The van der Waals surface area contributed by atoms with Gasteiger partial charge < -0.3 is 10.8 Å². The van der Waals surface area contributed by atoms with Crippen molar-refractivity contribution in [2.24, 2.45) is 5.73 Å². The molecular formula is C12H14N2O3. The Morgan fingerprint density at radius 1 is 1.59 bits per heavy atom. The summed E-state index contributed by atoms with van der Waals surface area (Å²) in [6.45, 7) is 1.74. The van der Waals surface area contributed by atoms with E-state index in [0.717, 1.165) is 16.0 Å². The van der Waals surface area contributed by atoms with Crippen LogP contribution in [0.15, 0.2) is 18.2 Å². The predicted molar refractivity (Wildman–Crippen MR) is 62.2 cm³/mol. The van der Waals surface area contributed by atoms with Gasteiger partial charge in [0.15, 0.2) is 0 Å². The van der Waals surface area contributed by atoms with Crippen molar-refractivity contribution in [1.82, 2.24) is 0 Å². The number of imide groups is 1. The maximum atomic E-state index is 11.7. The molecule has 1 aliphatic heterocycles. The summed E-state index contributed by atoms with van der Waals surface area (Å²) < 4.78 is 0. The van der Waals surface area contributed by atoms with Crippen LogP contribution in [-0.4, -0.2) is 23.0 Å². The second-order valence-electron chi connectivity index (χ2n) is 4.09. The lowest BCUT2D eigenvalue weighted by atomic mass is 10.1. The molecule has 0 fully saturated rings. The lowest BCUT2D eigenvalue weighted by Crippen LogP contribution is -2.39. The van der Waals surface area contributed by atoms with E-state index in [1.54, 1.807) is 12.1 Å². The summed E-state index contributed by atoms with van der Waals surface area (Å²) >= 11 is 0. The van der Waals surface area contributed by atoms with Crippen molar-refractivity contribution in [2.45, 2.75) is 26.0 Å². The topological polar surface area (TPSA) is 83.6 Å². The van der Waals surface area contributed by atoms with Crippen molar-refractivity contribution in [3.05, 3.63) is 29.3 Å². The van der Waals surface area contributed by atoms with Crippen LogP contribution in [0.1, 0.15) is 18.1 Å². The molecule has 1 aromatic rings. The Balaban J connectivity index is 2.41. The van der Waals surface area contributed by atoms with E-state index in [1.165, 1.54) is 6.92 Å². The second kappa shape index (κ2) is 4.27. The zero-order valence-corrected chi connectivity index (χ0v) is 9.51. The highest BCUT2D eigenvalue weighted by Gasteiger charge is 2.34. The van der Waals surface area contributed by atoms with Crippen LogP contribution < -0.4 is 10.6 Å². The standard InChI is InChI=1S/C12H14N2O3/c1-7(15)12(17)14-10-3-2-8(6-13)4-9(10)5-11(14)16/h2-4,7,15H,5-6,13H2,1H3. The molecule has 0 aromatic heterocycles. The minimum absolute atomic E-state index is 0.182. The van der Waals surface area contributed by atoms with Gasteiger partial charge in [-0.05, 0) is 24.1 Å². The maximum absolute atomic E-state index is 11.7. The molecule has 0 radical (unpaired) electrons. The molecule has 1 heterocycles. The van der Waals surface area contributed by atoms with Crippen LogP contribution in [0.4, 0.5) is 5.69 Å². The number of hydrogen-bond acceptors (Lipinski definition) is 4. The summed E-state index contributed by atoms with van der Waals surface area (Å²) in [7, 11) is 0. The van der Waals surface area contributed by atoms with Crippen LogP contribution in [-0.2, 0) is 22.6 Å². The molecule has 3 N–H and O–H groups in total. The monoisotopic (exact) mass is 234 g/mol. The van der Waals surface area contributed by atoms with E-state index >= 15 is 0 Å². The molecule has 1 unspecified atom stereocenters. The fraction of sp³-hybridized carbons (Fsp3) is 0.333. The Morgan fingerprint density at radius 2 is 2.29 bits per heavy atom. The third-order valence-electron chi connectivity index (χ3n) is 2.79. The molecule has 0 saturated carbocycles. The summed E-state index contributed by atoms with van der Waals surface area (Å²) in [5, 5.41) is 9.26. The fourth-order valence-corrected chi connectivity index (χ4v) is 1.93. The number of aliphatic hydroxyl groups is 1. The molecule has 1 atom stereocenters. The van der Waals surface area contributed by atoms with E-state index in [4.69, 9.17) is 5.73 Å². The molecule has 0 spiro atoms. The average Bonchev–Trinajstić information content (AvgIpc) is 2.62. The Morgan fingerprint density at radius 3 is 2.88 bits per heavy atom. The molecular weight excluding hydrogens is 220 g/mol. The van der Waals surface area contributed by atoms with E-state index in [2.05, 4.69) is 0 Å². The smallest absolute Gasteiger partial charge is 0.262 e. The third-order valence-corrected chi connectivity index (χ3v) is 2.79. The molecule has 0 aliphatic carbocycles. The first-order valence-corrected chi connectivity index (χ1v) is 5.41. The normalized spacial score (nSPS) is 15.9. The van der Waals surface area contributed by atoms with Crippen molar-refractivity contribution in [2.75, 3.05) is 4.90 Å². The van der Waals surface area contributed by atoms with Gasteiger partial charge in [0.05, 0.1) is 12.1 Å². The molecule has 0 bridgehead atoms. The molecule has 5 nitrogen and oxygen atoms in total. The SMILES string of the molecule is CC(O)C(=O)N1C(=O)Cc2cc(CN)ccc21. The Kier molecular flexibility index (Phi) is 2.95. The number of fused-ring (bicyclic) bond motifs is 1. The minimum atomic E-state index is -1.18. The van der Waals surface area contributed by atoms with E-state index in [1.807, 2.05) is 6.07 Å². The number of carbonyl (C=O) groups is 2. The number of nitrogens with two attached hydrogens (primary N) is 1. The van der Waals surface area contributed by atoms with Gasteiger partial charge in [0.1, 0.15) is 6.10 Å². The van der Waals surface area contributed by atoms with Crippen LogP contribution in [0.3, 0.4) is 0 Å². The van der Waals surface area contributed by atoms with Gasteiger partial charge in [-0.2, -0.15) is 0 Å². The van der Waals surface area contributed by atoms with E-state index in [9.17, 15) is 14.7 Å². The first-order valence-electron chi connectivity index (χ1n) is 5.41. The summed E-state index contributed by atoms with van der Waals surface area (Å²) in [6.07, 6.45) is -0.999. The molecule has 5 heteroatoms. The molecule has 2 amide bonds. The van der Waals surface area contributed by atoms with Gasteiger partial charge in [0, 0.05) is 6.54 Å². The number of hydrogen-bond donors (Lipinski definition) is 2. The van der Waals surface area contributed by atoms with Crippen LogP contribution in [0.2, 0.25) is 0 Å². The quantitative estimate of drug-likeness (QED) is 0.751. The van der Waals surface area contributed by atoms with E-state index in [0.29, 0.717) is 12.2 Å². The molecule has 17 heavy (non-hydrogen) atoms. The van der Waals surface area contributed by atoms with Gasteiger partial charge in [-0.15, -0.1) is 0 Å². The molecule has 0 saturated heterocycles. The van der Waals surface area contributed by atoms with Gasteiger partial charge in [-0.1, -0.05) is 12.1 Å². The summed E-state index contributed by atoms with van der Waals surface area (Å²) in [5.41, 5.74) is 7.77. The minimum Gasteiger partial charge on any atom is -0.384 e. The number of anilines is 1. The Hall–Kier alpha value is -1.72. The first-order chi connectivity index (χ1) is 8.04. The zero-order chi connectivity index (χ0) is 12.6. The Bertz CT molecular complexity index is 483. The first kappa shape index (κ1) is 11.8. The van der Waals surface area contributed by atoms with Crippen molar-refractivity contribution >= 4 is 17.5 Å². The zero-order valence-electron chi connectivity index (χ0n) is 9.51. The van der Waals surface area contributed by atoms with Gasteiger partial charge in [0.2, 0.25) is 5.91 Å². The Labute approximate surface area is 98.8 Å². The number of rotatable bonds is 2. The number of aliphatic hydroxyl groups excluding tert-OH is 1. The predicted octanol–water partition coefficient (Wildman–Crippen LogP) is -0.0582. The van der Waals surface area contributed by atoms with E-state index < -0.39 is 12.0 Å². The maximum Gasteiger partial charge on any atom is 0.262 e. The van der Waals surface area contributed by atoms with Gasteiger partial charge in [-0.25, -0.2) is 4.90 Å². The van der Waals surface area contributed by atoms with Gasteiger partial charge in [-0.3, -0.25) is 9.59 Å². The van der Waals surface area contributed by atoms with E-state index in [-0.39, 0.29) is 12.3 Å². The number of benzene rings is 1. The summed E-state index contributed by atoms with van der Waals surface area (Å²) in [6, 6.07) is 5.30. The van der Waals surface area contributed by atoms with Crippen molar-refractivity contribution in [3.63, 3.8) is 0 Å². The van der Waals surface area contributed by atoms with Gasteiger partial charge in [0.25, 0.3) is 5.91 Å². The average molecular weight is 234 g/mol. The fourth-order valence-electron chi connectivity index (χ4n) is 1.93. The molecule has 1 aromatic carbocycles. The number of amides is 2. The van der Waals surface area contributed by atoms with Crippen LogP contribution >= 0.6 is 0 Å². The largest absolute Gasteiger partial charge is 0.384 e. The highest BCUT2D eigenvalue weighted by atomic mass is 16.3. The molecule has 90 valence electrons. The van der Waals surface area contributed by atoms with Crippen LogP contribution in [0.25, 0.3) is 0 Å². The highest BCUT2D eigenvalue weighted by Crippen LogP contribution is 2.30. The summed E-state index contributed by atoms with van der Waals surface area (Å²) in [5.74, 6) is -0.894. The summed E-state index contributed by atoms with van der Waals surface area (Å²) in [4.78, 5) is 24.5. The van der Waals surface area contributed by atoms with Crippen molar-refractivity contribution < 1.29 is 14.7 Å². The van der Waals surface area contributed by atoms with Gasteiger partial charge >= 0.3 is 0 Å². The lowest BCUT2D eigenvalue weighted by Gasteiger charge is -2.17. The van der Waals surface area contributed by atoms with Crippen LogP contribution in [0.5, 0.6) is 0 Å². The highest BCUT2D eigenvalue weighted by molar-refractivity contribution is 6.20. The lowest BCUT2D eigenvalue weighted by molar-refractivity contribution is -0.130. The number of nitrogens with zero attached hydrogens (tertiary/aromatic N) is 1. The molecule has 1 aliphatic rings. The van der Waals surface area contributed by atoms with Crippen molar-refractivity contribution in [1.29, 1.82) is 0 Å².